The summed E-state index contributed by atoms with van der Waals surface area (Å²) in [5, 5.41) is 24.1. The average molecular weight is 685 g/mol. The average Bonchev–Trinajstić information content (AvgIpc) is 3.39. The van der Waals surface area contributed by atoms with Gasteiger partial charge >= 0.3 is 11.9 Å². The first-order valence-electron chi connectivity index (χ1n) is 17.8. The van der Waals surface area contributed by atoms with Crippen LogP contribution in [0.15, 0.2) is 58.7 Å². The fourth-order valence-electron chi connectivity index (χ4n) is 8.13. The van der Waals surface area contributed by atoms with E-state index in [4.69, 9.17) is 28.4 Å². The molecule has 12 unspecified atom stereocenters. The van der Waals surface area contributed by atoms with E-state index in [1.54, 1.807) is 33.1 Å². The number of fused-ring (bicyclic) bond motifs is 2. The van der Waals surface area contributed by atoms with E-state index in [9.17, 15) is 19.8 Å². The zero-order valence-electron chi connectivity index (χ0n) is 30.5. The summed E-state index contributed by atoms with van der Waals surface area (Å²) in [6, 6.07) is 0. The Hall–Kier alpha value is -2.60. The molecule has 10 nitrogen and oxygen atoms in total. The van der Waals surface area contributed by atoms with Gasteiger partial charge in [-0.15, -0.1) is 0 Å². The SMILES string of the molecule is CC=C(C)C1OC2(CC3CC(CC=C(C)C(OC(=O)C(C)C)C(C)C=CC=C4COC5C(OC)C(C)=CC(C(=O)O3)C45O)O2)C(O)CC1C. The molecule has 5 rings (SSSR count). The van der Waals surface area contributed by atoms with Crippen molar-refractivity contribution in [2.24, 2.45) is 23.7 Å². The van der Waals surface area contributed by atoms with Crippen molar-refractivity contribution >= 4 is 11.9 Å². The Bertz CT molecular complexity index is 1410. The zero-order chi connectivity index (χ0) is 35.8. The minimum absolute atomic E-state index is 0.0447. The third kappa shape index (κ3) is 7.28. The second-order valence-electron chi connectivity index (χ2n) is 15.1. The number of carbonyl (C=O) groups is 2. The first-order valence-corrected chi connectivity index (χ1v) is 17.8. The summed E-state index contributed by atoms with van der Waals surface area (Å²) in [6.45, 7) is 15.5. The predicted molar refractivity (Wildman–Crippen MR) is 183 cm³/mol. The number of methoxy groups -OCH3 is 1. The van der Waals surface area contributed by atoms with Crippen molar-refractivity contribution in [2.45, 2.75) is 135 Å². The Kier molecular flexibility index (Phi) is 11.5. The summed E-state index contributed by atoms with van der Waals surface area (Å²) in [7, 11) is 1.56. The fourth-order valence-corrected chi connectivity index (χ4v) is 8.13. The van der Waals surface area contributed by atoms with Crippen molar-refractivity contribution in [3.63, 3.8) is 0 Å². The van der Waals surface area contributed by atoms with Crippen LogP contribution in [0.2, 0.25) is 0 Å². The molecule has 0 aromatic rings. The van der Waals surface area contributed by atoms with Crippen molar-refractivity contribution < 1.29 is 48.2 Å². The largest absolute Gasteiger partial charge is 0.462 e. The number of rotatable bonds is 4. The van der Waals surface area contributed by atoms with E-state index >= 15 is 0 Å². The molecule has 5 aliphatic rings. The maximum atomic E-state index is 14.3. The van der Waals surface area contributed by atoms with Crippen LogP contribution in [-0.4, -0.2) is 90.0 Å². The molecule has 1 aliphatic carbocycles. The minimum Gasteiger partial charge on any atom is -0.462 e. The lowest BCUT2D eigenvalue weighted by Crippen LogP contribution is -2.62. The molecule has 272 valence electrons. The molecule has 0 radical (unpaired) electrons. The highest BCUT2D eigenvalue weighted by Gasteiger charge is 2.61. The predicted octanol–water partition coefficient (Wildman–Crippen LogP) is 5.28. The van der Waals surface area contributed by atoms with Gasteiger partial charge in [0.15, 0.2) is 5.79 Å². The van der Waals surface area contributed by atoms with Gasteiger partial charge in [-0.25, -0.2) is 0 Å². The summed E-state index contributed by atoms with van der Waals surface area (Å²) < 4.78 is 37.6. The number of aliphatic hydroxyl groups is 2. The van der Waals surface area contributed by atoms with E-state index in [0.717, 1.165) is 16.7 Å². The van der Waals surface area contributed by atoms with Crippen LogP contribution in [0.5, 0.6) is 0 Å². The van der Waals surface area contributed by atoms with Crippen molar-refractivity contribution in [3.05, 3.63) is 58.7 Å². The van der Waals surface area contributed by atoms with Crippen molar-refractivity contribution in [1.82, 2.24) is 0 Å². The van der Waals surface area contributed by atoms with Gasteiger partial charge in [-0.3, -0.25) is 9.59 Å². The number of ether oxygens (including phenoxy) is 6. The highest BCUT2D eigenvalue weighted by molar-refractivity contribution is 5.78. The lowest BCUT2D eigenvalue weighted by Gasteiger charge is -2.52. The third-order valence-electron chi connectivity index (χ3n) is 11.1. The van der Waals surface area contributed by atoms with E-state index in [1.165, 1.54) is 0 Å². The van der Waals surface area contributed by atoms with Gasteiger partial charge in [0.05, 0.1) is 24.7 Å². The lowest BCUT2D eigenvalue weighted by molar-refractivity contribution is -0.363. The molecule has 0 saturated carbocycles. The summed E-state index contributed by atoms with van der Waals surface area (Å²) in [5.41, 5.74) is 1.44. The Morgan fingerprint density at radius 3 is 2.51 bits per heavy atom. The van der Waals surface area contributed by atoms with Gasteiger partial charge < -0.3 is 38.6 Å². The van der Waals surface area contributed by atoms with E-state index in [0.29, 0.717) is 24.8 Å². The number of allylic oxidation sites excluding steroid dienone is 3. The van der Waals surface area contributed by atoms with Crippen LogP contribution >= 0.6 is 0 Å². The molecular weight excluding hydrogens is 628 g/mol. The van der Waals surface area contributed by atoms with Crippen molar-refractivity contribution in [2.75, 3.05) is 13.7 Å². The molecule has 12 atom stereocenters. The number of esters is 2. The molecular formula is C39H56O10. The quantitative estimate of drug-likeness (QED) is 0.298. The molecule has 4 heterocycles. The van der Waals surface area contributed by atoms with Crippen LogP contribution in [0, 0.1) is 23.7 Å². The van der Waals surface area contributed by atoms with Crippen LogP contribution in [0.3, 0.4) is 0 Å². The van der Waals surface area contributed by atoms with Crippen molar-refractivity contribution in [1.29, 1.82) is 0 Å². The molecule has 3 fully saturated rings. The first kappa shape index (κ1) is 37.7. The van der Waals surface area contributed by atoms with E-state index < -0.39 is 59.9 Å². The minimum atomic E-state index is -1.73. The normalized spacial score (nSPS) is 41.8. The molecule has 4 aliphatic heterocycles. The van der Waals surface area contributed by atoms with Crippen LogP contribution < -0.4 is 0 Å². The summed E-state index contributed by atoms with van der Waals surface area (Å²) >= 11 is 0. The van der Waals surface area contributed by atoms with Gasteiger partial charge in [0.25, 0.3) is 0 Å². The first-order chi connectivity index (χ1) is 23.1. The smallest absolute Gasteiger partial charge is 0.316 e. The molecule has 1 spiro atoms. The number of hydrogen-bond donors (Lipinski definition) is 2. The number of hydrogen-bond acceptors (Lipinski definition) is 10. The molecule has 49 heavy (non-hydrogen) atoms. The van der Waals surface area contributed by atoms with Crippen LogP contribution in [-0.2, 0) is 38.0 Å². The van der Waals surface area contributed by atoms with E-state index in [-0.39, 0.29) is 42.9 Å². The van der Waals surface area contributed by atoms with Gasteiger partial charge in [0, 0.05) is 25.9 Å². The molecule has 3 saturated heterocycles. The summed E-state index contributed by atoms with van der Waals surface area (Å²) in [4.78, 5) is 27.1. The maximum Gasteiger partial charge on any atom is 0.316 e. The molecule has 0 aromatic carbocycles. The van der Waals surface area contributed by atoms with Gasteiger partial charge in [-0.05, 0) is 68.7 Å². The third-order valence-corrected chi connectivity index (χ3v) is 11.1. The highest BCUT2D eigenvalue weighted by Crippen LogP contribution is 2.48. The Balaban J connectivity index is 1.60. The molecule has 0 amide bonds. The van der Waals surface area contributed by atoms with Crippen LogP contribution in [0.4, 0.5) is 0 Å². The molecule has 10 heteroatoms. The standard InChI is InChI=1S/C39H56O10/c1-10-22(4)33-26(8)17-31(40)38(49-33)19-29-18-28(48-38)15-14-24(6)32(47-36(41)21(2)3)23(5)12-11-13-27-20-45-35-34(44-9)25(7)16-30(37(42)46-29)39(27,35)43/h10-14,16,21,23,26,28-35,40,43H,15,17-20H2,1-9H3. The fraction of sp³-hybridized carbons (Fsp3) is 0.692. The zero-order valence-corrected chi connectivity index (χ0v) is 30.5. The van der Waals surface area contributed by atoms with Crippen molar-refractivity contribution in [3.8, 4) is 0 Å². The van der Waals surface area contributed by atoms with Gasteiger partial charge in [-0.2, -0.15) is 0 Å². The monoisotopic (exact) mass is 684 g/mol. The van der Waals surface area contributed by atoms with Gasteiger partial charge in [0.2, 0.25) is 0 Å². The topological polar surface area (TPSA) is 130 Å². The van der Waals surface area contributed by atoms with E-state index in [1.807, 2.05) is 65.8 Å². The molecule has 0 aromatic heterocycles. The van der Waals surface area contributed by atoms with E-state index in [2.05, 4.69) is 0 Å². The second-order valence-corrected chi connectivity index (χ2v) is 15.1. The Morgan fingerprint density at radius 2 is 1.84 bits per heavy atom. The Labute approximate surface area is 291 Å². The lowest BCUT2D eigenvalue weighted by atomic mass is 9.70. The molecule has 2 N–H and O–H groups in total. The second kappa shape index (κ2) is 14.9. The summed E-state index contributed by atoms with van der Waals surface area (Å²) in [6.07, 6.45) is 8.25. The number of aliphatic hydroxyl groups excluding tert-OH is 1. The van der Waals surface area contributed by atoms with Crippen LogP contribution in [0.25, 0.3) is 0 Å². The Morgan fingerprint density at radius 1 is 1.10 bits per heavy atom. The number of carbonyl (C=O) groups excluding carboxylic acids is 2. The highest BCUT2D eigenvalue weighted by atomic mass is 16.7. The van der Waals surface area contributed by atoms with Gasteiger partial charge in [0.1, 0.15) is 42.0 Å². The van der Waals surface area contributed by atoms with Crippen LogP contribution in [0.1, 0.15) is 81.1 Å². The molecule has 2 bridgehead atoms. The summed E-state index contributed by atoms with van der Waals surface area (Å²) in [5.74, 6) is -3.85. The maximum absolute atomic E-state index is 14.3. The van der Waals surface area contributed by atoms with Gasteiger partial charge in [-0.1, -0.05) is 64.2 Å².